The first-order valence-corrected chi connectivity index (χ1v) is 12.0. The highest BCUT2D eigenvalue weighted by Gasteiger charge is 2.21. The number of anilines is 1. The number of hydrogen-bond donors (Lipinski definition) is 2. The molecule has 1 aliphatic rings. The van der Waals surface area contributed by atoms with Crippen LogP contribution in [-0.2, 0) is 26.1 Å². The normalized spacial score (nSPS) is 15.3. The molecule has 1 saturated heterocycles. The molecule has 0 radical (unpaired) electrons. The highest BCUT2D eigenvalue weighted by molar-refractivity contribution is 7.92. The lowest BCUT2D eigenvalue weighted by molar-refractivity contribution is -0.125. The molecule has 2 aromatic rings. The molecule has 1 heterocycles. The molecule has 3 rings (SSSR count). The highest BCUT2D eigenvalue weighted by Crippen LogP contribution is 2.15. The maximum absolute atomic E-state index is 12.2. The molecular formula is C22H27N3O5S. The minimum Gasteiger partial charge on any atom is -0.452 e. The number of benzene rings is 2. The molecule has 1 aliphatic heterocycles. The van der Waals surface area contributed by atoms with Crippen molar-refractivity contribution in [2.24, 2.45) is 0 Å². The maximum Gasteiger partial charge on any atom is 0.338 e. The number of sulfonamides is 1. The average molecular weight is 446 g/mol. The second kappa shape index (κ2) is 10.4. The van der Waals surface area contributed by atoms with Gasteiger partial charge < -0.3 is 10.1 Å². The van der Waals surface area contributed by atoms with E-state index in [-0.39, 0.29) is 29.8 Å². The van der Waals surface area contributed by atoms with E-state index in [0.717, 1.165) is 38.7 Å². The van der Waals surface area contributed by atoms with Crippen molar-refractivity contribution in [1.82, 2.24) is 10.2 Å². The van der Waals surface area contributed by atoms with Gasteiger partial charge in [-0.05, 0) is 36.6 Å². The van der Waals surface area contributed by atoms with Crippen molar-refractivity contribution in [2.75, 3.05) is 30.7 Å². The largest absolute Gasteiger partial charge is 0.452 e. The van der Waals surface area contributed by atoms with E-state index in [1.165, 1.54) is 29.8 Å². The number of nitrogens with one attached hydrogen (secondary N) is 2. The molecule has 166 valence electrons. The Bertz CT molecular complexity index is 1000. The van der Waals surface area contributed by atoms with Crippen LogP contribution in [0.4, 0.5) is 5.69 Å². The number of hydrogen-bond acceptors (Lipinski definition) is 6. The molecule has 2 N–H and O–H groups in total. The molecule has 0 aromatic heterocycles. The van der Waals surface area contributed by atoms with E-state index < -0.39 is 16.0 Å². The lowest BCUT2D eigenvalue weighted by Crippen LogP contribution is -2.45. The topological polar surface area (TPSA) is 105 Å². The summed E-state index contributed by atoms with van der Waals surface area (Å²) in [6.45, 7) is 2.29. The lowest BCUT2D eigenvalue weighted by Gasteiger charge is -2.32. The number of likely N-dealkylation sites (tertiary alicyclic amines) is 1. The first-order chi connectivity index (χ1) is 14.8. The molecule has 0 bridgehead atoms. The van der Waals surface area contributed by atoms with E-state index in [1.807, 2.05) is 18.2 Å². The van der Waals surface area contributed by atoms with Gasteiger partial charge in [-0.25, -0.2) is 13.2 Å². The van der Waals surface area contributed by atoms with Gasteiger partial charge >= 0.3 is 5.97 Å². The first kappa shape index (κ1) is 22.8. The fourth-order valence-electron chi connectivity index (χ4n) is 3.48. The number of amides is 1. The van der Waals surface area contributed by atoms with E-state index in [4.69, 9.17) is 4.74 Å². The molecule has 1 amide bonds. The van der Waals surface area contributed by atoms with Gasteiger partial charge in [-0.1, -0.05) is 36.4 Å². The minimum absolute atomic E-state index is 0.0560. The van der Waals surface area contributed by atoms with Crippen LogP contribution < -0.4 is 10.0 Å². The zero-order valence-electron chi connectivity index (χ0n) is 17.4. The molecule has 31 heavy (non-hydrogen) atoms. The zero-order chi connectivity index (χ0) is 22.3. The molecule has 1 fully saturated rings. The Balaban J connectivity index is 1.40. The summed E-state index contributed by atoms with van der Waals surface area (Å²) in [4.78, 5) is 26.7. The number of piperidine rings is 1. The van der Waals surface area contributed by atoms with Gasteiger partial charge in [0.25, 0.3) is 5.91 Å². The molecular weight excluding hydrogens is 418 g/mol. The number of rotatable bonds is 8. The quantitative estimate of drug-likeness (QED) is 0.602. The summed E-state index contributed by atoms with van der Waals surface area (Å²) in [5, 5.41) is 2.92. The number of ether oxygens (including phenoxy) is 1. The summed E-state index contributed by atoms with van der Waals surface area (Å²) in [6, 6.07) is 16.2. The monoisotopic (exact) mass is 445 g/mol. The molecule has 0 atom stereocenters. The number of carbonyl (C=O) groups excluding carboxylic acids is 2. The SMILES string of the molecule is CS(=O)(=O)Nc1cccc(C(=O)OCC(=O)NC2CCN(Cc3ccccc3)CC2)c1. The van der Waals surface area contributed by atoms with Crippen molar-refractivity contribution in [3.63, 3.8) is 0 Å². The van der Waals surface area contributed by atoms with Crippen molar-refractivity contribution in [3.8, 4) is 0 Å². The molecule has 0 spiro atoms. The first-order valence-electron chi connectivity index (χ1n) is 10.1. The fraction of sp³-hybridized carbons (Fsp3) is 0.364. The number of esters is 1. The summed E-state index contributed by atoms with van der Waals surface area (Å²) in [5.74, 6) is -1.04. The van der Waals surface area contributed by atoms with E-state index >= 15 is 0 Å². The van der Waals surface area contributed by atoms with Crippen molar-refractivity contribution in [1.29, 1.82) is 0 Å². The van der Waals surface area contributed by atoms with Crippen LogP contribution >= 0.6 is 0 Å². The third kappa shape index (κ3) is 7.69. The Kier molecular flexibility index (Phi) is 7.64. The van der Waals surface area contributed by atoms with Gasteiger partial charge in [-0.15, -0.1) is 0 Å². The average Bonchev–Trinajstić information content (AvgIpc) is 2.73. The zero-order valence-corrected chi connectivity index (χ0v) is 18.2. The highest BCUT2D eigenvalue weighted by atomic mass is 32.2. The van der Waals surface area contributed by atoms with Crippen LogP contribution in [-0.4, -0.2) is 57.2 Å². The Morgan fingerprint density at radius 1 is 1.06 bits per heavy atom. The third-order valence-corrected chi connectivity index (χ3v) is 5.54. The van der Waals surface area contributed by atoms with Crippen LogP contribution in [0.3, 0.4) is 0 Å². The molecule has 0 unspecified atom stereocenters. The molecule has 0 saturated carbocycles. The van der Waals surface area contributed by atoms with Crippen molar-refractivity contribution in [2.45, 2.75) is 25.4 Å². The molecule has 9 heteroatoms. The van der Waals surface area contributed by atoms with Gasteiger partial charge in [0.2, 0.25) is 10.0 Å². The summed E-state index contributed by atoms with van der Waals surface area (Å²) in [6.07, 6.45) is 2.70. The van der Waals surface area contributed by atoms with Gasteiger partial charge in [0.15, 0.2) is 6.61 Å². The standard InChI is InChI=1S/C22H27N3O5S/c1-31(28,29)24-20-9-5-8-18(14-20)22(27)30-16-21(26)23-19-10-12-25(13-11-19)15-17-6-3-2-4-7-17/h2-9,14,19,24H,10-13,15-16H2,1H3,(H,23,26). The van der Waals surface area contributed by atoms with E-state index in [1.54, 1.807) is 0 Å². The van der Waals surface area contributed by atoms with E-state index in [0.29, 0.717) is 0 Å². The smallest absolute Gasteiger partial charge is 0.338 e. The predicted octanol–water partition coefficient (Wildman–Crippen LogP) is 2.00. The summed E-state index contributed by atoms with van der Waals surface area (Å²) in [5.41, 5.74) is 1.69. The molecule has 8 nitrogen and oxygen atoms in total. The van der Waals surface area contributed by atoms with Crippen molar-refractivity contribution in [3.05, 3.63) is 65.7 Å². The van der Waals surface area contributed by atoms with Crippen LogP contribution in [0.1, 0.15) is 28.8 Å². The van der Waals surface area contributed by atoms with E-state index in [2.05, 4.69) is 27.1 Å². The Hall–Kier alpha value is -2.91. The van der Waals surface area contributed by atoms with Crippen molar-refractivity contribution >= 4 is 27.6 Å². The summed E-state index contributed by atoms with van der Waals surface area (Å²) >= 11 is 0. The van der Waals surface area contributed by atoms with Crippen LogP contribution in [0.2, 0.25) is 0 Å². The molecule has 2 aromatic carbocycles. The maximum atomic E-state index is 12.2. The van der Waals surface area contributed by atoms with Gasteiger partial charge in [0.1, 0.15) is 0 Å². The summed E-state index contributed by atoms with van der Waals surface area (Å²) < 4.78 is 30.0. The van der Waals surface area contributed by atoms with Gasteiger partial charge in [-0.3, -0.25) is 14.4 Å². The fourth-order valence-corrected chi connectivity index (χ4v) is 4.04. The van der Waals surface area contributed by atoms with Crippen LogP contribution in [0.5, 0.6) is 0 Å². The van der Waals surface area contributed by atoms with Crippen LogP contribution in [0.15, 0.2) is 54.6 Å². The summed E-state index contributed by atoms with van der Waals surface area (Å²) in [7, 11) is -3.45. The molecule has 0 aliphatic carbocycles. The third-order valence-electron chi connectivity index (χ3n) is 4.94. The Morgan fingerprint density at radius 3 is 2.45 bits per heavy atom. The lowest BCUT2D eigenvalue weighted by atomic mass is 10.0. The number of carbonyl (C=O) groups is 2. The van der Waals surface area contributed by atoms with Crippen LogP contribution in [0, 0.1) is 0 Å². The van der Waals surface area contributed by atoms with Gasteiger partial charge in [0, 0.05) is 31.4 Å². The van der Waals surface area contributed by atoms with E-state index in [9.17, 15) is 18.0 Å². The Labute approximate surface area is 182 Å². The van der Waals surface area contributed by atoms with Crippen LogP contribution in [0.25, 0.3) is 0 Å². The number of nitrogens with zero attached hydrogens (tertiary/aromatic N) is 1. The Morgan fingerprint density at radius 2 is 1.77 bits per heavy atom. The van der Waals surface area contributed by atoms with Crippen molar-refractivity contribution < 1.29 is 22.7 Å². The second-order valence-corrected chi connectivity index (χ2v) is 9.38. The minimum atomic E-state index is -3.45. The van der Waals surface area contributed by atoms with Gasteiger partial charge in [-0.2, -0.15) is 0 Å². The predicted molar refractivity (Wildman–Crippen MR) is 118 cm³/mol. The second-order valence-electron chi connectivity index (χ2n) is 7.63. The van der Waals surface area contributed by atoms with Gasteiger partial charge in [0.05, 0.1) is 11.8 Å².